The summed E-state index contributed by atoms with van der Waals surface area (Å²) in [5.41, 5.74) is 5.49. The van der Waals surface area contributed by atoms with Crippen molar-refractivity contribution < 1.29 is 19.5 Å². The molecule has 2 saturated carbocycles. The Labute approximate surface area is 144 Å². The van der Waals surface area contributed by atoms with Crippen LogP contribution in [-0.4, -0.2) is 17.8 Å². The normalized spacial score (nSPS) is 27.7. The molecule has 128 valence electrons. The third kappa shape index (κ3) is 3.38. The van der Waals surface area contributed by atoms with Crippen LogP contribution in [0, 0.1) is 23.7 Å². The van der Waals surface area contributed by atoms with E-state index in [1.54, 1.807) is 24.3 Å². The van der Waals surface area contributed by atoms with Gasteiger partial charge in [0.2, 0.25) is 11.8 Å². The number of halogens is 1. The molecule has 24 heavy (non-hydrogen) atoms. The number of rotatable bonds is 4. The fourth-order valence-electron chi connectivity index (χ4n) is 4.05. The van der Waals surface area contributed by atoms with Crippen molar-refractivity contribution in [1.29, 1.82) is 0 Å². The number of fused-ring (bicyclic) bond motifs is 2. The minimum atomic E-state index is -1.17. The fraction of sp³-hybridized carbons (Fsp3) is 0.471. The van der Waals surface area contributed by atoms with Crippen LogP contribution in [0.4, 0.5) is 0 Å². The number of benzene rings is 1. The number of carbonyl (C=O) groups excluding carboxylic acids is 3. The predicted molar refractivity (Wildman–Crippen MR) is 84.3 cm³/mol. The number of amides is 2. The smallest absolute Gasteiger partial charge is 0.242 e. The van der Waals surface area contributed by atoms with Crippen molar-refractivity contribution in [2.45, 2.75) is 25.7 Å². The SMILES string of the molecule is O=C(Cc1ccc(Cl)cc1)NNC(=O)[C@H]1[C@@H]2CC[C@@H](C2)[C@@H]1C(=O)[O-]. The molecule has 3 rings (SSSR count). The van der Waals surface area contributed by atoms with Gasteiger partial charge >= 0.3 is 0 Å². The molecule has 2 aliphatic carbocycles. The molecule has 4 atom stereocenters. The maximum absolute atomic E-state index is 12.3. The summed E-state index contributed by atoms with van der Waals surface area (Å²) in [6, 6.07) is 6.82. The van der Waals surface area contributed by atoms with E-state index in [-0.39, 0.29) is 24.2 Å². The molecule has 1 aromatic rings. The van der Waals surface area contributed by atoms with Crippen molar-refractivity contribution in [2.24, 2.45) is 23.7 Å². The van der Waals surface area contributed by atoms with Gasteiger partial charge in [-0.1, -0.05) is 23.7 Å². The molecule has 1 aromatic carbocycles. The number of carbonyl (C=O) groups is 3. The Morgan fingerprint density at radius 3 is 2.29 bits per heavy atom. The molecule has 0 aromatic heterocycles. The van der Waals surface area contributed by atoms with E-state index in [0.717, 1.165) is 24.8 Å². The second kappa shape index (κ2) is 6.81. The van der Waals surface area contributed by atoms with Crippen molar-refractivity contribution in [3.63, 3.8) is 0 Å². The second-order valence-corrected chi connectivity index (χ2v) is 6.98. The fourth-order valence-corrected chi connectivity index (χ4v) is 4.18. The molecule has 2 N–H and O–H groups in total. The number of hydrogen-bond acceptors (Lipinski definition) is 4. The largest absolute Gasteiger partial charge is 0.550 e. The molecule has 7 heteroatoms. The Morgan fingerprint density at radius 1 is 1.04 bits per heavy atom. The summed E-state index contributed by atoms with van der Waals surface area (Å²) in [6.45, 7) is 0. The van der Waals surface area contributed by atoms with Gasteiger partial charge in [0.15, 0.2) is 0 Å². The maximum atomic E-state index is 12.3. The van der Waals surface area contributed by atoms with Crippen LogP contribution in [0.3, 0.4) is 0 Å². The van der Waals surface area contributed by atoms with Crippen molar-refractivity contribution in [2.75, 3.05) is 0 Å². The lowest BCUT2D eigenvalue weighted by Crippen LogP contribution is -2.50. The Kier molecular flexibility index (Phi) is 4.76. The highest BCUT2D eigenvalue weighted by molar-refractivity contribution is 6.30. The second-order valence-electron chi connectivity index (χ2n) is 6.54. The number of nitrogens with one attached hydrogen (secondary N) is 2. The zero-order chi connectivity index (χ0) is 17.3. The topological polar surface area (TPSA) is 98.3 Å². The van der Waals surface area contributed by atoms with E-state index < -0.39 is 23.7 Å². The number of hydrogen-bond donors (Lipinski definition) is 2. The Morgan fingerprint density at radius 2 is 1.67 bits per heavy atom. The summed E-state index contributed by atoms with van der Waals surface area (Å²) < 4.78 is 0. The molecule has 2 fully saturated rings. The van der Waals surface area contributed by atoms with Gasteiger partial charge in [0.25, 0.3) is 0 Å². The van der Waals surface area contributed by atoms with Crippen molar-refractivity contribution >= 4 is 29.4 Å². The van der Waals surface area contributed by atoms with Crippen LogP contribution < -0.4 is 16.0 Å². The first-order chi connectivity index (χ1) is 11.5. The number of carboxylic acids is 1. The molecular formula is C17H18ClN2O4-. The highest BCUT2D eigenvalue weighted by Crippen LogP contribution is 2.52. The predicted octanol–water partition coefficient (Wildman–Crippen LogP) is 0.442. The van der Waals surface area contributed by atoms with Crippen LogP contribution in [0.5, 0.6) is 0 Å². The van der Waals surface area contributed by atoms with Crippen LogP contribution in [-0.2, 0) is 20.8 Å². The van der Waals surface area contributed by atoms with Gasteiger partial charge in [-0.25, -0.2) is 0 Å². The average Bonchev–Trinajstić information content (AvgIpc) is 3.15. The van der Waals surface area contributed by atoms with E-state index >= 15 is 0 Å². The van der Waals surface area contributed by atoms with Crippen LogP contribution in [0.15, 0.2) is 24.3 Å². The highest BCUT2D eigenvalue weighted by Gasteiger charge is 2.51. The Balaban J connectivity index is 1.54. The number of carboxylic acid groups (broad SMARTS) is 1. The molecule has 2 aliphatic rings. The highest BCUT2D eigenvalue weighted by atomic mass is 35.5. The summed E-state index contributed by atoms with van der Waals surface area (Å²) in [7, 11) is 0. The standard InChI is InChI=1S/C17H19ClN2O4/c18-12-5-1-9(2-6-12)7-13(21)19-20-16(22)14-10-3-4-11(8-10)15(14)17(23)24/h1-2,5-6,10-11,14-15H,3-4,7-8H2,(H,19,21)(H,20,22)(H,23,24)/p-1/t10-,11+,14+,15+/m1/s1. The summed E-state index contributed by atoms with van der Waals surface area (Å²) in [6.07, 6.45) is 2.52. The van der Waals surface area contributed by atoms with Crippen LogP contribution in [0.1, 0.15) is 24.8 Å². The summed E-state index contributed by atoms with van der Waals surface area (Å²) in [5.74, 6) is -3.29. The van der Waals surface area contributed by atoms with Crippen LogP contribution >= 0.6 is 11.6 Å². The van der Waals surface area contributed by atoms with Gasteiger partial charge in [-0.3, -0.25) is 20.4 Å². The average molecular weight is 350 g/mol. The third-order valence-electron chi connectivity index (χ3n) is 5.09. The van der Waals surface area contributed by atoms with Gasteiger partial charge in [-0.05, 0) is 48.8 Å². The lowest BCUT2D eigenvalue weighted by Gasteiger charge is -2.30. The lowest BCUT2D eigenvalue weighted by molar-refractivity contribution is -0.314. The molecule has 0 heterocycles. The first-order valence-electron chi connectivity index (χ1n) is 7.99. The van der Waals surface area contributed by atoms with Crippen LogP contribution in [0.2, 0.25) is 5.02 Å². The number of hydrazine groups is 1. The van der Waals surface area contributed by atoms with Gasteiger partial charge in [0, 0.05) is 16.9 Å². The van der Waals surface area contributed by atoms with Gasteiger partial charge in [0.1, 0.15) is 0 Å². The quantitative estimate of drug-likeness (QED) is 0.771. The van der Waals surface area contributed by atoms with Gasteiger partial charge in [-0.15, -0.1) is 0 Å². The Bertz CT molecular complexity index is 661. The van der Waals surface area contributed by atoms with E-state index in [1.807, 2.05) is 0 Å². The lowest BCUT2D eigenvalue weighted by atomic mass is 9.79. The van der Waals surface area contributed by atoms with Crippen LogP contribution in [0.25, 0.3) is 0 Å². The third-order valence-corrected chi connectivity index (χ3v) is 5.35. The number of aliphatic carboxylic acids is 1. The van der Waals surface area contributed by atoms with Gasteiger partial charge < -0.3 is 9.90 Å². The van der Waals surface area contributed by atoms with E-state index in [2.05, 4.69) is 10.9 Å². The van der Waals surface area contributed by atoms with E-state index in [1.165, 1.54) is 0 Å². The van der Waals surface area contributed by atoms with Crippen molar-refractivity contribution in [3.05, 3.63) is 34.9 Å². The molecule has 0 aliphatic heterocycles. The van der Waals surface area contributed by atoms with Gasteiger partial charge in [-0.2, -0.15) is 0 Å². The maximum Gasteiger partial charge on any atom is 0.242 e. The van der Waals surface area contributed by atoms with Gasteiger partial charge in [0.05, 0.1) is 12.3 Å². The molecule has 0 spiro atoms. The molecule has 0 unspecified atom stereocenters. The molecule has 0 radical (unpaired) electrons. The molecular weight excluding hydrogens is 332 g/mol. The first-order valence-corrected chi connectivity index (χ1v) is 8.37. The summed E-state index contributed by atoms with van der Waals surface area (Å²) in [4.78, 5) is 35.5. The molecule has 2 amide bonds. The zero-order valence-electron chi connectivity index (χ0n) is 13.0. The monoisotopic (exact) mass is 349 g/mol. The van der Waals surface area contributed by atoms with E-state index in [4.69, 9.17) is 11.6 Å². The molecule has 2 bridgehead atoms. The van der Waals surface area contributed by atoms with Crippen molar-refractivity contribution in [1.82, 2.24) is 10.9 Å². The van der Waals surface area contributed by atoms with Crippen molar-refractivity contribution in [3.8, 4) is 0 Å². The minimum Gasteiger partial charge on any atom is -0.550 e. The Hall–Kier alpha value is -2.08. The molecule has 6 nitrogen and oxygen atoms in total. The summed E-state index contributed by atoms with van der Waals surface area (Å²) >= 11 is 5.78. The molecule has 0 saturated heterocycles. The zero-order valence-corrected chi connectivity index (χ0v) is 13.7. The first kappa shape index (κ1) is 16.8. The van der Waals surface area contributed by atoms with E-state index in [0.29, 0.717) is 5.02 Å². The van der Waals surface area contributed by atoms with E-state index in [9.17, 15) is 19.5 Å². The minimum absolute atomic E-state index is 0.0144. The summed E-state index contributed by atoms with van der Waals surface area (Å²) in [5, 5.41) is 11.9.